The summed E-state index contributed by atoms with van der Waals surface area (Å²) in [5.74, 6) is 0. The molecular weight excluding hydrogens is 186 g/mol. The van der Waals surface area contributed by atoms with Crippen LogP contribution in [0.2, 0.25) is 0 Å². The van der Waals surface area contributed by atoms with Gasteiger partial charge in [0.25, 0.3) is 0 Å². The van der Waals surface area contributed by atoms with E-state index in [2.05, 4.69) is 36.5 Å². The summed E-state index contributed by atoms with van der Waals surface area (Å²) in [5.41, 5.74) is 2.75. The first-order chi connectivity index (χ1) is 7.33. The minimum Gasteiger partial charge on any atom is -0.382 e. The van der Waals surface area contributed by atoms with E-state index in [4.69, 9.17) is 4.74 Å². The third-order valence-corrected chi connectivity index (χ3v) is 2.36. The Morgan fingerprint density at radius 1 is 1.33 bits per heavy atom. The highest BCUT2D eigenvalue weighted by Crippen LogP contribution is 2.01. The van der Waals surface area contributed by atoms with E-state index < -0.39 is 0 Å². The Labute approximate surface area is 92.6 Å². The molecule has 0 aliphatic carbocycles. The van der Waals surface area contributed by atoms with E-state index in [0.717, 1.165) is 32.7 Å². The van der Waals surface area contributed by atoms with Gasteiger partial charge >= 0.3 is 0 Å². The topological polar surface area (TPSA) is 25.8 Å². The van der Waals surface area contributed by atoms with Gasteiger partial charge in [-0.3, -0.25) is 0 Å². The summed E-state index contributed by atoms with van der Waals surface area (Å²) >= 11 is 0. The zero-order valence-electron chi connectivity index (χ0n) is 9.83. The smallest absolute Gasteiger partial charge is 0.101 e. The van der Waals surface area contributed by atoms with Crippen LogP contribution >= 0.6 is 0 Å². The number of benzene rings is 1. The molecule has 1 rings (SSSR count). The van der Waals surface area contributed by atoms with Gasteiger partial charge in [0.15, 0.2) is 0 Å². The van der Waals surface area contributed by atoms with Crippen molar-refractivity contribution in [3.8, 4) is 0 Å². The molecule has 15 heavy (non-hydrogen) atoms. The molecule has 1 aromatic carbocycles. The second-order valence-corrected chi connectivity index (χ2v) is 3.82. The fourth-order valence-electron chi connectivity index (χ4n) is 1.58. The van der Waals surface area contributed by atoms with Crippen molar-refractivity contribution >= 4 is 0 Å². The van der Waals surface area contributed by atoms with E-state index in [1.807, 2.05) is 6.92 Å². The Hall–Kier alpha value is -0.860. The van der Waals surface area contributed by atoms with Crippen LogP contribution in [0, 0.1) is 6.92 Å². The predicted molar refractivity (Wildman–Crippen MR) is 62.8 cm³/mol. The van der Waals surface area contributed by atoms with Gasteiger partial charge in [0, 0.05) is 18.6 Å². The highest BCUT2D eigenvalue weighted by Gasteiger charge is 1.95. The molecule has 0 amide bonds. The Kier molecular flexibility index (Phi) is 6.05. The highest BCUT2D eigenvalue weighted by atomic mass is 16.5. The molecule has 0 fully saturated rings. The van der Waals surface area contributed by atoms with Crippen LogP contribution in [-0.2, 0) is 11.3 Å². The van der Waals surface area contributed by atoms with Crippen LogP contribution in [0.5, 0.6) is 0 Å². The Morgan fingerprint density at radius 2 is 2.20 bits per heavy atom. The van der Waals surface area contributed by atoms with E-state index in [0.29, 0.717) is 0 Å². The predicted octanol–water partition coefficient (Wildman–Crippen LogP) is 1.49. The van der Waals surface area contributed by atoms with Gasteiger partial charge in [-0.2, -0.15) is 0 Å². The molecule has 0 aliphatic rings. The van der Waals surface area contributed by atoms with Crippen LogP contribution in [0.4, 0.5) is 0 Å². The number of hydrogen-bond donors (Lipinski definition) is 1. The second kappa shape index (κ2) is 7.43. The number of aryl methyl sites for hydroxylation is 1. The monoisotopic (exact) mass is 208 g/mol. The summed E-state index contributed by atoms with van der Waals surface area (Å²) in [6, 6.07) is 8.70. The van der Waals surface area contributed by atoms with Crippen molar-refractivity contribution in [2.75, 3.05) is 19.8 Å². The molecule has 1 aromatic rings. The average molecular weight is 208 g/mol. The molecule has 2 N–H and O–H groups in total. The first-order valence-corrected chi connectivity index (χ1v) is 5.78. The van der Waals surface area contributed by atoms with Crippen LogP contribution in [0.3, 0.4) is 0 Å². The van der Waals surface area contributed by atoms with Crippen molar-refractivity contribution in [2.24, 2.45) is 0 Å². The van der Waals surface area contributed by atoms with E-state index in [9.17, 15) is 0 Å². The first kappa shape index (κ1) is 12.2. The minimum absolute atomic E-state index is 0.831. The van der Waals surface area contributed by atoms with Crippen LogP contribution in [0.25, 0.3) is 0 Å². The van der Waals surface area contributed by atoms with Gasteiger partial charge in [-0.1, -0.05) is 29.8 Å². The Morgan fingerprint density at radius 3 is 2.93 bits per heavy atom. The molecule has 0 heterocycles. The highest BCUT2D eigenvalue weighted by molar-refractivity contribution is 5.21. The van der Waals surface area contributed by atoms with E-state index in [1.165, 1.54) is 11.1 Å². The lowest BCUT2D eigenvalue weighted by molar-refractivity contribution is -0.671. The van der Waals surface area contributed by atoms with Crippen LogP contribution < -0.4 is 5.32 Å². The van der Waals surface area contributed by atoms with Gasteiger partial charge in [-0.15, -0.1) is 0 Å². The van der Waals surface area contributed by atoms with E-state index in [-0.39, 0.29) is 0 Å². The van der Waals surface area contributed by atoms with Crippen molar-refractivity contribution in [3.63, 3.8) is 0 Å². The number of quaternary nitrogens is 1. The Balaban J connectivity index is 2.10. The number of rotatable bonds is 7. The van der Waals surface area contributed by atoms with Gasteiger partial charge in [0.1, 0.15) is 6.54 Å². The first-order valence-electron chi connectivity index (χ1n) is 5.78. The van der Waals surface area contributed by atoms with Crippen molar-refractivity contribution in [1.82, 2.24) is 0 Å². The molecule has 84 valence electrons. The summed E-state index contributed by atoms with van der Waals surface area (Å²) < 4.78 is 5.28. The maximum absolute atomic E-state index is 5.28. The fourth-order valence-corrected chi connectivity index (χ4v) is 1.58. The molecule has 0 spiro atoms. The zero-order chi connectivity index (χ0) is 10.9. The minimum atomic E-state index is 0.831. The van der Waals surface area contributed by atoms with Crippen LogP contribution in [-0.4, -0.2) is 19.8 Å². The number of hydrogen-bond acceptors (Lipinski definition) is 1. The summed E-state index contributed by atoms with van der Waals surface area (Å²) in [4.78, 5) is 0. The summed E-state index contributed by atoms with van der Waals surface area (Å²) in [6.45, 7) is 8.12. The van der Waals surface area contributed by atoms with Gasteiger partial charge < -0.3 is 10.1 Å². The lowest BCUT2D eigenvalue weighted by atomic mass is 10.1. The molecule has 0 saturated heterocycles. The average Bonchev–Trinajstić information content (AvgIpc) is 2.23. The fraction of sp³-hybridized carbons (Fsp3) is 0.538. The van der Waals surface area contributed by atoms with Crippen molar-refractivity contribution < 1.29 is 10.1 Å². The molecule has 0 saturated carbocycles. The second-order valence-electron chi connectivity index (χ2n) is 3.82. The standard InChI is InChI=1S/C13H21NO/c1-3-15-9-5-8-14-11-13-7-4-6-12(2)10-13/h4,6-7,10,14H,3,5,8-9,11H2,1-2H3/p+1. The molecule has 2 nitrogen and oxygen atoms in total. The SMILES string of the molecule is CCOCCC[NH2+]Cc1cccc(C)c1. The quantitative estimate of drug-likeness (QED) is 0.675. The third kappa shape index (κ3) is 5.55. The van der Waals surface area contributed by atoms with Gasteiger partial charge in [0.2, 0.25) is 0 Å². The Bertz CT molecular complexity index is 273. The summed E-state index contributed by atoms with van der Waals surface area (Å²) in [5, 5.41) is 2.34. The molecule has 0 atom stereocenters. The molecule has 0 aliphatic heterocycles. The van der Waals surface area contributed by atoms with Gasteiger partial charge in [-0.25, -0.2) is 0 Å². The molecular formula is C13H22NO+. The summed E-state index contributed by atoms with van der Waals surface area (Å²) in [6.07, 6.45) is 1.14. The molecule has 0 bridgehead atoms. The third-order valence-electron chi connectivity index (χ3n) is 2.36. The zero-order valence-corrected chi connectivity index (χ0v) is 9.83. The maximum atomic E-state index is 5.28. The lowest BCUT2D eigenvalue weighted by Gasteiger charge is -2.03. The summed E-state index contributed by atoms with van der Waals surface area (Å²) in [7, 11) is 0. The van der Waals surface area contributed by atoms with E-state index >= 15 is 0 Å². The van der Waals surface area contributed by atoms with E-state index in [1.54, 1.807) is 0 Å². The van der Waals surface area contributed by atoms with Crippen molar-refractivity contribution in [2.45, 2.75) is 26.8 Å². The maximum Gasteiger partial charge on any atom is 0.101 e. The van der Waals surface area contributed by atoms with Gasteiger partial charge in [-0.05, 0) is 13.8 Å². The molecule has 0 radical (unpaired) electrons. The normalized spacial score (nSPS) is 10.5. The molecule has 0 unspecified atom stereocenters. The van der Waals surface area contributed by atoms with Crippen LogP contribution in [0.1, 0.15) is 24.5 Å². The lowest BCUT2D eigenvalue weighted by Crippen LogP contribution is -2.82. The molecule has 2 heteroatoms. The van der Waals surface area contributed by atoms with Gasteiger partial charge in [0.05, 0.1) is 13.2 Å². The number of nitrogens with two attached hydrogens (primary N) is 1. The number of ether oxygens (including phenoxy) is 1. The largest absolute Gasteiger partial charge is 0.382 e. The van der Waals surface area contributed by atoms with Crippen molar-refractivity contribution in [1.29, 1.82) is 0 Å². The van der Waals surface area contributed by atoms with Crippen molar-refractivity contribution in [3.05, 3.63) is 35.4 Å². The molecule has 0 aromatic heterocycles. The van der Waals surface area contributed by atoms with Crippen LogP contribution in [0.15, 0.2) is 24.3 Å².